The standard InChI is InChI=1S/C14H21FN2/c1-9-6-11(7-10(2)12(9)15)8-17-13(16)14(3,4)5/h6-7H,8H2,1-5H3,(H2,16,17). The smallest absolute Gasteiger partial charge is 0.129 e. The lowest BCUT2D eigenvalue weighted by molar-refractivity contribution is 0.581. The fourth-order valence-electron chi connectivity index (χ4n) is 1.54. The maximum absolute atomic E-state index is 13.4. The van der Waals surface area contributed by atoms with Crippen LogP contribution in [-0.2, 0) is 6.54 Å². The van der Waals surface area contributed by atoms with Gasteiger partial charge in [-0.1, -0.05) is 32.9 Å². The van der Waals surface area contributed by atoms with Gasteiger partial charge in [0.05, 0.1) is 12.4 Å². The van der Waals surface area contributed by atoms with E-state index in [2.05, 4.69) is 4.99 Å². The highest BCUT2D eigenvalue weighted by Crippen LogP contribution is 2.17. The van der Waals surface area contributed by atoms with E-state index in [-0.39, 0.29) is 11.2 Å². The highest BCUT2D eigenvalue weighted by atomic mass is 19.1. The molecule has 0 saturated carbocycles. The second-order valence-corrected chi connectivity index (χ2v) is 5.50. The molecule has 1 rings (SSSR count). The molecular formula is C14H21FN2. The molecule has 2 N–H and O–H groups in total. The van der Waals surface area contributed by atoms with Crippen LogP contribution >= 0.6 is 0 Å². The minimum absolute atomic E-state index is 0.121. The van der Waals surface area contributed by atoms with E-state index in [9.17, 15) is 4.39 Å². The van der Waals surface area contributed by atoms with Crippen LogP contribution < -0.4 is 5.73 Å². The van der Waals surface area contributed by atoms with E-state index < -0.39 is 0 Å². The number of amidine groups is 1. The minimum atomic E-state index is -0.137. The Bertz CT molecular complexity index is 419. The van der Waals surface area contributed by atoms with Crippen LogP contribution in [0.3, 0.4) is 0 Å². The van der Waals surface area contributed by atoms with E-state index in [1.807, 2.05) is 32.9 Å². The van der Waals surface area contributed by atoms with Gasteiger partial charge in [-0.05, 0) is 30.5 Å². The lowest BCUT2D eigenvalue weighted by Crippen LogP contribution is -2.29. The Morgan fingerprint density at radius 2 is 1.71 bits per heavy atom. The molecule has 0 amide bonds. The number of halogens is 1. The molecule has 0 saturated heterocycles. The Labute approximate surface area is 103 Å². The zero-order valence-electron chi connectivity index (χ0n) is 11.3. The van der Waals surface area contributed by atoms with Crippen molar-refractivity contribution in [1.82, 2.24) is 0 Å². The van der Waals surface area contributed by atoms with Gasteiger partial charge in [-0.15, -0.1) is 0 Å². The first-order valence-corrected chi connectivity index (χ1v) is 5.78. The van der Waals surface area contributed by atoms with Crippen LogP contribution in [0.1, 0.15) is 37.5 Å². The van der Waals surface area contributed by atoms with Crippen molar-refractivity contribution in [3.63, 3.8) is 0 Å². The molecule has 1 aromatic carbocycles. The third kappa shape index (κ3) is 3.55. The summed E-state index contributed by atoms with van der Waals surface area (Å²) in [7, 11) is 0. The fourth-order valence-corrected chi connectivity index (χ4v) is 1.54. The largest absolute Gasteiger partial charge is 0.387 e. The van der Waals surface area contributed by atoms with Gasteiger partial charge in [0.1, 0.15) is 5.82 Å². The normalized spacial score (nSPS) is 12.9. The average molecular weight is 236 g/mol. The van der Waals surface area contributed by atoms with Crippen LogP contribution in [0.2, 0.25) is 0 Å². The maximum Gasteiger partial charge on any atom is 0.129 e. The molecule has 0 aliphatic heterocycles. The summed E-state index contributed by atoms with van der Waals surface area (Å²) in [6.07, 6.45) is 0. The fraction of sp³-hybridized carbons (Fsp3) is 0.500. The van der Waals surface area contributed by atoms with E-state index in [1.165, 1.54) is 0 Å². The molecule has 0 fully saturated rings. The summed E-state index contributed by atoms with van der Waals surface area (Å²) < 4.78 is 13.4. The zero-order chi connectivity index (χ0) is 13.2. The molecule has 0 aliphatic rings. The third-order valence-electron chi connectivity index (χ3n) is 2.70. The van der Waals surface area contributed by atoms with Crippen LogP contribution in [0.25, 0.3) is 0 Å². The van der Waals surface area contributed by atoms with Crippen molar-refractivity contribution in [3.05, 3.63) is 34.6 Å². The summed E-state index contributed by atoms with van der Waals surface area (Å²) in [5.41, 5.74) is 8.07. The molecule has 0 aromatic heterocycles. The molecule has 0 spiro atoms. The number of nitrogens with zero attached hydrogens (tertiary/aromatic N) is 1. The molecule has 17 heavy (non-hydrogen) atoms. The number of hydrogen-bond acceptors (Lipinski definition) is 1. The van der Waals surface area contributed by atoms with Crippen LogP contribution in [0, 0.1) is 25.1 Å². The lowest BCUT2D eigenvalue weighted by Gasteiger charge is -2.17. The Morgan fingerprint density at radius 3 is 2.12 bits per heavy atom. The molecule has 2 nitrogen and oxygen atoms in total. The summed E-state index contributed by atoms with van der Waals surface area (Å²) in [6, 6.07) is 3.64. The highest BCUT2D eigenvalue weighted by molar-refractivity contribution is 5.85. The third-order valence-corrected chi connectivity index (χ3v) is 2.70. The zero-order valence-corrected chi connectivity index (χ0v) is 11.3. The number of nitrogens with two attached hydrogens (primary N) is 1. The van der Waals surface area contributed by atoms with Gasteiger partial charge in [0.15, 0.2) is 0 Å². The summed E-state index contributed by atoms with van der Waals surface area (Å²) in [4.78, 5) is 4.35. The van der Waals surface area contributed by atoms with E-state index in [0.29, 0.717) is 23.5 Å². The molecule has 94 valence electrons. The molecule has 3 heteroatoms. The van der Waals surface area contributed by atoms with E-state index in [0.717, 1.165) is 5.56 Å². The topological polar surface area (TPSA) is 38.4 Å². The van der Waals surface area contributed by atoms with E-state index in [1.54, 1.807) is 13.8 Å². The summed E-state index contributed by atoms with van der Waals surface area (Å²) >= 11 is 0. The number of aryl methyl sites for hydroxylation is 2. The Kier molecular flexibility index (Phi) is 3.91. The van der Waals surface area contributed by atoms with Crippen LogP contribution in [0.5, 0.6) is 0 Å². The van der Waals surface area contributed by atoms with Crippen molar-refractivity contribution in [2.45, 2.75) is 41.2 Å². The van der Waals surface area contributed by atoms with Crippen molar-refractivity contribution < 1.29 is 4.39 Å². The van der Waals surface area contributed by atoms with E-state index >= 15 is 0 Å². The first kappa shape index (κ1) is 13.7. The Morgan fingerprint density at radius 1 is 1.24 bits per heavy atom. The molecule has 0 atom stereocenters. The van der Waals surface area contributed by atoms with Gasteiger partial charge in [0, 0.05) is 5.41 Å². The van der Waals surface area contributed by atoms with Gasteiger partial charge < -0.3 is 5.73 Å². The molecule has 1 aromatic rings. The lowest BCUT2D eigenvalue weighted by atomic mass is 9.95. The number of hydrogen-bond donors (Lipinski definition) is 1. The van der Waals surface area contributed by atoms with Gasteiger partial charge in [-0.3, -0.25) is 4.99 Å². The van der Waals surface area contributed by atoms with Crippen molar-refractivity contribution in [1.29, 1.82) is 0 Å². The van der Waals surface area contributed by atoms with Crippen molar-refractivity contribution in [2.75, 3.05) is 0 Å². The summed E-state index contributed by atoms with van der Waals surface area (Å²) in [5.74, 6) is 0.485. The van der Waals surface area contributed by atoms with Gasteiger partial charge in [0.25, 0.3) is 0 Å². The summed E-state index contributed by atoms with van der Waals surface area (Å²) in [5, 5.41) is 0. The van der Waals surface area contributed by atoms with Gasteiger partial charge >= 0.3 is 0 Å². The first-order valence-electron chi connectivity index (χ1n) is 5.78. The Hall–Kier alpha value is -1.38. The minimum Gasteiger partial charge on any atom is -0.387 e. The molecule has 0 aliphatic carbocycles. The monoisotopic (exact) mass is 236 g/mol. The molecular weight excluding hydrogens is 215 g/mol. The van der Waals surface area contributed by atoms with Crippen LogP contribution in [0.15, 0.2) is 17.1 Å². The van der Waals surface area contributed by atoms with Crippen LogP contribution in [0.4, 0.5) is 4.39 Å². The van der Waals surface area contributed by atoms with Crippen molar-refractivity contribution >= 4 is 5.84 Å². The predicted octanol–water partition coefficient (Wildman–Crippen LogP) is 3.35. The van der Waals surface area contributed by atoms with Crippen molar-refractivity contribution in [3.8, 4) is 0 Å². The second kappa shape index (κ2) is 4.86. The first-order chi connectivity index (χ1) is 7.71. The van der Waals surface area contributed by atoms with Crippen molar-refractivity contribution in [2.24, 2.45) is 16.1 Å². The second-order valence-electron chi connectivity index (χ2n) is 5.50. The van der Waals surface area contributed by atoms with Gasteiger partial charge in [-0.25, -0.2) is 4.39 Å². The Balaban J connectivity index is 2.91. The predicted molar refractivity (Wildman–Crippen MR) is 70.7 cm³/mol. The number of rotatable bonds is 2. The van der Waals surface area contributed by atoms with Gasteiger partial charge in [-0.2, -0.15) is 0 Å². The average Bonchev–Trinajstić information content (AvgIpc) is 2.20. The quantitative estimate of drug-likeness (QED) is 0.620. The van der Waals surface area contributed by atoms with E-state index in [4.69, 9.17) is 5.73 Å². The van der Waals surface area contributed by atoms with Crippen LogP contribution in [-0.4, -0.2) is 5.84 Å². The molecule has 0 bridgehead atoms. The van der Waals surface area contributed by atoms with Gasteiger partial charge in [0.2, 0.25) is 0 Å². The maximum atomic E-state index is 13.4. The highest BCUT2D eigenvalue weighted by Gasteiger charge is 2.15. The number of aliphatic imine (C=N–C) groups is 1. The molecule has 0 radical (unpaired) electrons. The summed E-state index contributed by atoms with van der Waals surface area (Å²) in [6.45, 7) is 10.1. The SMILES string of the molecule is Cc1cc(CN=C(N)C(C)(C)C)cc(C)c1F. The molecule has 0 unspecified atom stereocenters. The number of benzene rings is 1. The molecule has 0 heterocycles.